The lowest BCUT2D eigenvalue weighted by Gasteiger charge is -2.34. The molecule has 0 aliphatic carbocycles. The van der Waals surface area contributed by atoms with Crippen LogP contribution in [0.4, 0.5) is 4.79 Å². The highest BCUT2D eigenvalue weighted by molar-refractivity contribution is 5.67. The first-order chi connectivity index (χ1) is 7.81. The summed E-state index contributed by atoms with van der Waals surface area (Å²) in [6.45, 7) is 10.8. The molecule has 0 saturated carbocycles. The second-order valence-corrected chi connectivity index (χ2v) is 6.24. The molecule has 17 heavy (non-hydrogen) atoms. The first-order valence-electron chi connectivity index (χ1n) is 6.48. The van der Waals surface area contributed by atoms with Gasteiger partial charge in [-0.25, -0.2) is 4.79 Å². The molecule has 0 aromatic carbocycles. The van der Waals surface area contributed by atoms with Crippen LogP contribution in [-0.4, -0.2) is 31.3 Å². The Morgan fingerprint density at radius 2 is 1.94 bits per heavy atom. The van der Waals surface area contributed by atoms with Crippen LogP contribution < -0.4 is 10.6 Å². The van der Waals surface area contributed by atoms with Crippen molar-refractivity contribution in [2.45, 2.75) is 52.6 Å². The highest BCUT2D eigenvalue weighted by Gasteiger charge is 2.26. The number of amides is 1. The van der Waals surface area contributed by atoms with E-state index >= 15 is 0 Å². The molecule has 1 aliphatic rings. The van der Waals surface area contributed by atoms with Gasteiger partial charge in [0.25, 0.3) is 0 Å². The third-order valence-electron chi connectivity index (χ3n) is 3.21. The molecule has 0 aromatic heterocycles. The number of carbonyl (C=O) groups is 1. The molecule has 0 atom stereocenters. The van der Waals surface area contributed by atoms with E-state index in [9.17, 15) is 4.79 Å². The van der Waals surface area contributed by atoms with Gasteiger partial charge in [0.05, 0.1) is 0 Å². The lowest BCUT2D eigenvalue weighted by molar-refractivity contribution is 0.0518. The molecule has 0 spiro atoms. The Bertz CT molecular complexity index is 253. The molecule has 1 amide bonds. The number of alkyl carbamates (subject to hydrolysis) is 1. The van der Waals surface area contributed by atoms with Gasteiger partial charge in [-0.2, -0.15) is 0 Å². The monoisotopic (exact) mass is 242 g/mol. The van der Waals surface area contributed by atoms with Gasteiger partial charge in [-0.1, -0.05) is 6.92 Å². The number of ether oxygens (including phenoxy) is 1. The number of carbonyl (C=O) groups excluding carboxylic acids is 1. The fourth-order valence-electron chi connectivity index (χ4n) is 2.06. The van der Waals surface area contributed by atoms with Gasteiger partial charge in [-0.15, -0.1) is 0 Å². The predicted octanol–water partition coefficient (Wildman–Crippen LogP) is 2.29. The van der Waals surface area contributed by atoms with Crippen LogP contribution in [0.2, 0.25) is 0 Å². The van der Waals surface area contributed by atoms with Crippen molar-refractivity contribution < 1.29 is 9.53 Å². The van der Waals surface area contributed by atoms with E-state index in [1.54, 1.807) is 0 Å². The summed E-state index contributed by atoms with van der Waals surface area (Å²) in [6, 6.07) is 0. The van der Waals surface area contributed by atoms with E-state index in [1.165, 1.54) is 12.8 Å². The van der Waals surface area contributed by atoms with Crippen LogP contribution >= 0.6 is 0 Å². The Balaban J connectivity index is 2.20. The van der Waals surface area contributed by atoms with Crippen LogP contribution in [0.15, 0.2) is 0 Å². The first kappa shape index (κ1) is 14.3. The molecule has 1 heterocycles. The minimum Gasteiger partial charge on any atom is -0.444 e. The van der Waals surface area contributed by atoms with E-state index < -0.39 is 5.60 Å². The minimum absolute atomic E-state index is 0.310. The summed E-state index contributed by atoms with van der Waals surface area (Å²) in [4.78, 5) is 11.5. The zero-order chi connectivity index (χ0) is 12.9. The molecule has 0 unspecified atom stereocenters. The van der Waals surface area contributed by atoms with E-state index in [1.807, 2.05) is 20.8 Å². The summed E-state index contributed by atoms with van der Waals surface area (Å²) in [5, 5.41) is 6.19. The maximum absolute atomic E-state index is 11.5. The zero-order valence-corrected chi connectivity index (χ0v) is 11.6. The van der Waals surface area contributed by atoms with Gasteiger partial charge in [-0.3, -0.25) is 0 Å². The van der Waals surface area contributed by atoms with Gasteiger partial charge in [-0.05, 0) is 58.5 Å². The molecule has 1 rings (SSSR count). The third kappa shape index (κ3) is 5.91. The van der Waals surface area contributed by atoms with Crippen molar-refractivity contribution in [1.82, 2.24) is 10.6 Å². The second kappa shape index (κ2) is 5.71. The summed E-state index contributed by atoms with van der Waals surface area (Å²) in [5.74, 6) is 0. The van der Waals surface area contributed by atoms with Crippen LogP contribution in [-0.2, 0) is 4.74 Å². The molecule has 4 heteroatoms. The van der Waals surface area contributed by atoms with Crippen molar-refractivity contribution >= 4 is 6.09 Å². The Morgan fingerprint density at radius 1 is 1.35 bits per heavy atom. The minimum atomic E-state index is -0.414. The fraction of sp³-hybridized carbons (Fsp3) is 0.923. The quantitative estimate of drug-likeness (QED) is 0.798. The summed E-state index contributed by atoms with van der Waals surface area (Å²) >= 11 is 0. The normalized spacial score (nSPS) is 19.8. The zero-order valence-electron chi connectivity index (χ0n) is 11.6. The SMILES string of the molecule is CC1(CCNC(=O)OC(C)(C)C)CCNCC1. The van der Waals surface area contributed by atoms with E-state index in [4.69, 9.17) is 4.74 Å². The first-order valence-corrected chi connectivity index (χ1v) is 6.48. The van der Waals surface area contributed by atoms with Gasteiger partial charge in [0.2, 0.25) is 0 Å². The van der Waals surface area contributed by atoms with Gasteiger partial charge in [0.15, 0.2) is 0 Å². The van der Waals surface area contributed by atoms with Crippen LogP contribution in [0, 0.1) is 5.41 Å². The highest BCUT2D eigenvalue weighted by atomic mass is 16.6. The number of hydrogen-bond donors (Lipinski definition) is 2. The molecular weight excluding hydrogens is 216 g/mol. The average Bonchev–Trinajstić information content (AvgIpc) is 2.15. The Morgan fingerprint density at radius 3 is 2.47 bits per heavy atom. The number of piperidine rings is 1. The van der Waals surface area contributed by atoms with Crippen molar-refractivity contribution in [3.63, 3.8) is 0 Å². The van der Waals surface area contributed by atoms with E-state index in [0.717, 1.165) is 19.5 Å². The lowest BCUT2D eigenvalue weighted by atomic mass is 9.78. The maximum atomic E-state index is 11.5. The predicted molar refractivity (Wildman–Crippen MR) is 69.1 cm³/mol. The van der Waals surface area contributed by atoms with Crippen molar-refractivity contribution in [1.29, 1.82) is 0 Å². The molecular formula is C13H26N2O2. The van der Waals surface area contributed by atoms with E-state index in [0.29, 0.717) is 12.0 Å². The van der Waals surface area contributed by atoms with Gasteiger partial charge in [0, 0.05) is 6.54 Å². The van der Waals surface area contributed by atoms with Crippen LogP contribution in [0.1, 0.15) is 47.0 Å². The topological polar surface area (TPSA) is 50.4 Å². The van der Waals surface area contributed by atoms with Crippen molar-refractivity contribution in [2.75, 3.05) is 19.6 Å². The largest absolute Gasteiger partial charge is 0.444 e. The van der Waals surface area contributed by atoms with Crippen molar-refractivity contribution in [3.05, 3.63) is 0 Å². The molecule has 0 bridgehead atoms. The summed E-state index contributed by atoms with van der Waals surface area (Å²) < 4.78 is 5.20. The van der Waals surface area contributed by atoms with Gasteiger partial charge < -0.3 is 15.4 Å². The van der Waals surface area contributed by atoms with Crippen molar-refractivity contribution in [2.24, 2.45) is 5.41 Å². The highest BCUT2D eigenvalue weighted by Crippen LogP contribution is 2.31. The second-order valence-electron chi connectivity index (χ2n) is 6.24. The fourth-order valence-corrected chi connectivity index (χ4v) is 2.06. The Labute approximate surface area is 104 Å². The third-order valence-corrected chi connectivity index (χ3v) is 3.21. The summed E-state index contributed by atoms with van der Waals surface area (Å²) in [5.41, 5.74) is -0.0526. The van der Waals surface area contributed by atoms with Crippen molar-refractivity contribution in [3.8, 4) is 0 Å². The molecule has 0 aromatic rings. The molecule has 2 N–H and O–H groups in total. The van der Waals surface area contributed by atoms with Crippen LogP contribution in [0.5, 0.6) is 0 Å². The molecule has 1 aliphatic heterocycles. The lowest BCUT2D eigenvalue weighted by Crippen LogP contribution is -2.38. The number of rotatable bonds is 3. The van der Waals surface area contributed by atoms with Crippen LogP contribution in [0.3, 0.4) is 0 Å². The van der Waals surface area contributed by atoms with Crippen LogP contribution in [0.25, 0.3) is 0 Å². The standard InChI is InChI=1S/C13H26N2O2/c1-12(2,3)17-11(16)15-10-7-13(4)5-8-14-9-6-13/h14H,5-10H2,1-4H3,(H,15,16). The maximum Gasteiger partial charge on any atom is 0.407 e. The Kier molecular flexibility index (Phi) is 4.80. The summed E-state index contributed by atoms with van der Waals surface area (Å²) in [6.07, 6.45) is 3.08. The van der Waals surface area contributed by atoms with Gasteiger partial charge in [0.1, 0.15) is 5.60 Å². The van der Waals surface area contributed by atoms with Gasteiger partial charge >= 0.3 is 6.09 Å². The summed E-state index contributed by atoms with van der Waals surface area (Å²) in [7, 11) is 0. The molecule has 1 saturated heterocycles. The number of hydrogen-bond acceptors (Lipinski definition) is 3. The Hall–Kier alpha value is -0.770. The number of nitrogens with one attached hydrogen (secondary N) is 2. The van der Waals surface area contributed by atoms with E-state index in [2.05, 4.69) is 17.6 Å². The van der Waals surface area contributed by atoms with E-state index in [-0.39, 0.29) is 6.09 Å². The molecule has 100 valence electrons. The average molecular weight is 242 g/mol. The molecule has 1 fully saturated rings. The molecule has 0 radical (unpaired) electrons. The smallest absolute Gasteiger partial charge is 0.407 e. The molecule has 4 nitrogen and oxygen atoms in total.